The first-order chi connectivity index (χ1) is 12.2. The average molecular weight is 407 g/mol. The maximum absolute atomic E-state index is 13.2. The maximum Gasteiger partial charge on any atom is 0.192 e. The summed E-state index contributed by atoms with van der Waals surface area (Å²) in [5.74, 6) is 0. The number of rotatable bonds is 3. The zero-order valence-electron chi connectivity index (χ0n) is 13.4. The SMILES string of the molecule is O=c1c(Cc2ccc(Br)cc2)c(-c2ccccc2)sc2ccccc12. The molecular weight excluding hydrogens is 392 g/mol. The first kappa shape index (κ1) is 16.2. The molecule has 0 aliphatic rings. The molecule has 25 heavy (non-hydrogen) atoms. The summed E-state index contributed by atoms with van der Waals surface area (Å²) >= 11 is 5.16. The fourth-order valence-electron chi connectivity index (χ4n) is 2.97. The van der Waals surface area contributed by atoms with Gasteiger partial charge in [-0.3, -0.25) is 4.79 Å². The van der Waals surface area contributed by atoms with Crippen LogP contribution in [0.15, 0.2) is 88.1 Å². The van der Waals surface area contributed by atoms with Gasteiger partial charge >= 0.3 is 0 Å². The average Bonchev–Trinajstić information content (AvgIpc) is 2.66. The molecule has 1 aromatic heterocycles. The second-order valence-electron chi connectivity index (χ2n) is 5.90. The van der Waals surface area contributed by atoms with Crippen LogP contribution in [0.1, 0.15) is 11.1 Å². The molecule has 0 radical (unpaired) electrons. The number of fused-ring (bicyclic) bond motifs is 1. The Morgan fingerprint density at radius 3 is 2.24 bits per heavy atom. The lowest BCUT2D eigenvalue weighted by Gasteiger charge is -2.11. The first-order valence-electron chi connectivity index (χ1n) is 8.07. The van der Waals surface area contributed by atoms with Crippen LogP contribution in [-0.2, 0) is 6.42 Å². The van der Waals surface area contributed by atoms with Crippen LogP contribution in [0.4, 0.5) is 0 Å². The normalized spacial score (nSPS) is 10.9. The first-order valence-corrected chi connectivity index (χ1v) is 9.68. The van der Waals surface area contributed by atoms with E-state index < -0.39 is 0 Å². The Kier molecular flexibility index (Phi) is 4.51. The van der Waals surface area contributed by atoms with Gasteiger partial charge in [0.25, 0.3) is 0 Å². The fourth-order valence-corrected chi connectivity index (χ4v) is 4.41. The van der Waals surface area contributed by atoms with E-state index in [2.05, 4.69) is 40.2 Å². The van der Waals surface area contributed by atoms with E-state index in [1.807, 2.05) is 54.6 Å². The van der Waals surface area contributed by atoms with Crippen molar-refractivity contribution in [2.24, 2.45) is 0 Å². The smallest absolute Gasteiger partial charge is 0.192 e. The van der Waals surface area contributed by atoms with Crippen LogP contribution in [0.2, 0.25) is 0 Å². The molecular formula is C22H15BrOS. The summed E-state index contributed by atoms with van der Waals surface area (Å²) in [6, 6.07) is 26.2. The van der Waals surface area contributed by atoms with Gasteiger partial charge in [-0.15, -0.1) is 11.3 Å². The molecule has 0 bridgehead atoms. The molecule has 0 fully saturated rings. The van der Waals surface area contributed by atoms with E-state index >= 15 is 0 Å². The van der Waals surface area contributed by atoms with Gasteiger partial charge in [-0.2, -0.15) is 0 Å². The van der Waals surface area contributed by atoms with E-state index in [-0.39, 0.29) is 5.43 Å². The van der Waals surface area contributed by atoms with Crippen molar-refractivity contribution in [3.05, 3.63) is 105 Å². The van der Waals surface area contributed by atoms with Crippen LogP contribution in [0.5, 0.6) is 0 Å². The summed E-state index contributed by atoms with van der Waals surface area (Å²) in [5, 5.41) is 0.805. The highest BCUT2D eigenvalue weighted by Crippen LogP contribution is 2.32. The molecule has 0 saturated carbocycles. The Labute approximate surface area is 158 Å². The van der Waals surface area contributed by atoms with E-state index in [4.69, 9.17) is 0 Å². The topological polar surface area (TPSA) is 17.1 Å². The molecule has 4 rings (SSSR count). The van der Waals surface area contributed by atoms with Crippen LogP contribution < -0.4 is 5.43 Å². The summed E-state index contributed by atoms with van der Waals surface area (Å²) in [5.41, 5.74) is 3.25. The number of hydrogen-bond donors (Lipinski definition) is 0. The minimum atomic E-state index is 0.135. The van der Waals surface area contributed by atoms with Gasteiger partial charge in [0.05, 0.1) is 0 Å². The second-order valence-corrected chi connectivity index (χ2v) is 7.87. The van der Waals surface area contributed by atoms with Crippen molar-refractivity contribution >= 4 is 37.4 Å². The number of hydrogen-bond acceptors (Lipinski definition) is 2. The van der Waals surface area contributed by atoms with E-state index in [9.17, 15) is 4.79 Å². The lowest BCUT2D eigenvalue weighted by molar-refractivity contribution is 1.19. The van der Waals surface area contributed by atoms with E-state index in [0.29, 0.717) is 6.42 Å². The molecule has 0 spiro atoms. The van der Waals surface area contributed by atoms with Crippen LogP contribution in [0, 0.1) is 0 Å². The predicted molar refractivity (Wildman–Crippen MR) is 110 cm³/mol. The minimum Gasteiger partial charge on any atom is -0.289 e. The van der Waals surface area contributed by atoms with Gasteiger partial charge in [-0.05, 0) is 35.4 Å². The van der Waals surface area contributed by atoms with E-state index in [1.54, 1.807) is 11.3 Å². The Balaban J connectivity index is 1.95. The van der Waals surface area contributed by atoms with Crippen molar-refractivity contribution in [3.63, 3.8) is 0 Å². The van der Waals surface area contributed by atoms with Crippen molar-refractivity contribution in [3.8, 4) is 10.4 Å². The maximum atomic E-state index is 13.2. The third-order valence-electron chi connectivity index (χ3n) is 4.22. The molecule has 0 N–H and O–H groups in total. The zero-order chi connectivity index (χ0) is 17.2. The fraction of sp³-hybridized carbons (Fsp3) is 0.0455. The summed E-state index contributed by atoms with van der Waals surface area (Å²) in [7, 11) is 0. The highest BCUT2D eigenvalue weighted by molar-refractivity contribution is 9.10. The zero-order valence-corrected chi connectivity index (χ0v) is 15.8. The molecule has 3 heteroatoms. The minimum absolute atomic E-state index is 0.135. The molecule has 0 aliphatic carbocycles. The summed E-state index contributed by atoms with van der Waals surface area (Å²) in [4.78, 5) is 14.3. The van der Waals surface area contributed by atoms with Crippen LogP contribution in [-0.4, -0.2) is 0 Å². The molecule has 1 nitrogen and oxygen atoms in total. The Hall–Kier alpha value is -2.23. The summed E-state index contributed by atoms with van der Waals surface area (Å²) in [6.45, 7) is 0. The quantitative estimate of drug-likeness (QED) is 0.391. The lowest BCUT2D eigenvalue weighted by atomic mass is 10.0. The highest BCUT2D eigenvalue weighted by Gasteiger charge is 2.14. The predicted octanol–water partition coefficient (Wildman–Crippen LogP) is 6.28. The van der Waals surface area contributed by atoms with Gasteiger partial charge in [0.2, 0.25) is 0 Å². The van der Waals surface area contributed by atoms with Crippen molar-refractivity contribution in [2.75, 3.05) is 0 Å². The van der Waals surface area contributed by atoms with Crippen molar-refractivity contribution in [1.82, 2.24) is 0 Å². The molecule has 0 unspecified atom stereocenters. The monoisotopic (exact) mass is 406 g/mol. The third-order valence-corrected chi connectivity index (χ3v) is 6.01. The molecule has 0 aliphatic heterocycles. The summed E-state index contributed by atoms with van der Waals surface area (Å²) in [6.07, 6.45) is 0.637. The molecule has 0 amide bonds. The largest absolute Gasteiger partial charge is 0.289 e. The van der Waals surface area contributed by atoms with Crippen molar-refractivity contribution < 1.29 is 0 Å². The molecule has 122 valence electrons. The second kappa shape index (κ2) is 6.95. The number of halogens is 1. The molecule has 1 heterocycles. The van der Waals surface area contributed by atoms with Gasteiger partial charge in [0, 0.05) is 31.4 Å². The van der Waals surface area contributed by atoms with Crippen LogP contribution in [0.3, 0.4) is 0 Å². The van der Waals surface area contributed by atoms with Crippen LogP contribution in [0.25, 0.3) is 20.5 Å². The van der Waals surface area contributed by atoms with Gasteiger partial charge < -0.3 is 0 Å². The van der Waals surface area contributed by atoms with Crippen LogP contribution >= 0.6 is 27.3 Å². The van der Waals surface area contributed by atoms with Gasteiger partial charge in [0.1, 0.15) is 0 Å². The molecule has 4 aromatic rings. The van der Waals surface area contributed by atoms with Gasteiger partial charge in [0.15, 0.2) is 5.43 Å². The van der Waals surface area contributed by atoms with E-state index in [1.165, 1.54) is 0 Å². The molecule has 0 atom stereocenters. The Morgan fingerprint density at radius 1 is 0.800 bits per heavy atom. The summed E-state index contributed by atoms with van der Waals surface area (Å²) < 4.78 is 2.08. The molecule has 0 saturated heterocycles. The number of benzene rings is 3. The Morgan fingerprint density at radius 2 is 1.48 bits per heavy atom. The highest BCUT2D eigenvalue weighted by atomic mass is 79.9. The third kappa shape index (κ3) is 3.30. The van der Waals surface area contributed by atoms with Gasteiger partial charge in [-0.25, -0.2) is 0 Å². The Bertz CT molecular complexity index is 1080. The van der Waals surface area contributed by atoms with Gasteiger partial charge in [-0.1, -0.05) is 70.5 Å². The van der Waals surface area contributed by atoms with Crippen molar-refractivity contribution in [1.29, 1.82) is 0 Å². The van der Waals surface area contributed by atoms with E-state index in [0.717, 1.165) is 36.1 Å². The molecule has 3 aromatic carbocycles. The lowest BCUT2D eigenvalue weighted by Crippen LogP contribution is -2.10. The standard InChI is InChI=1S/C22H15BrOS/c23-17-12-10-15(11-13-17)14-19-21(24)18-8-4-5-9-20(18)25-22(19)16-6-2-1-3-7-16/h1-13H,14H2. The van der Waals surface area contributed by atoms with Crippen molar-refractivity contribution in [2.45, 2.75) is 6.42 Å².